The molecule has 0 saturated heterocycles. The highest BCUT2D eigenvalue weighted by Crippen LogP contribution is 2.34. The van der Waals surface area contributed by atoms with Crippen LogP contribution in [0.4, 0.5) is 5.00 Å². The maximum atomic E-state index is 12.9. The highest BCUT2D eigenvalue weighted by Gasteiger charge is 2.26. The summed E-state index contributed by atoms with van der Waals surface area (Å²) in [5, 5.41) is 16.4. The SMILES string of the molecule is COC(=O)c1sc(NC(=O)c2c(-c3ccccc3)noc2C)c(C#N)c1C. The fourth-order valence-corrected chi connectivity index (χ4v) is 3.69. The third kappa shape index (κ3) is 3.32. The number of thiophene rings is 1. The van der Waals surface area contributed by atoms with Crippen molar-refractivity contribution in [3.8, 4) is 17.3 Å². The van der Waals surface area contributed by atoms with Crippen LogP contribution in [0.15, 0.2) is 34.9 Å². The summed E-state index contributed by atoms with van der Waals surface area (Å²) < 4.78 is 9.93. The summed E-state index contributed by atoms with van der Waals surface area (Å²) in [5.74, 6) is -0.672. The fourth-order valence-electron chi connectivity index (χ4n) is 2.62. The lowest BCUT2D eigenvalue weighted by atomic mass is 10.1. The second kappa shape index (κ2) is 7.43. The lowest BCUT2D eigenvalue weighted by molar-refractivity contribution is 0.0605. The monoisotopic (exact) mass is 381 g/mol. The van der Waals surface area contributed by atoms with Gasteiger partial charge in [-0.3, -0.25) is 4.79 Å². The van der Waals surface area contributed by atoms with E-state index in [-0.39, 0.29) is 21.0 Å². The lowest BCUT2D eigenvalue weighted by Crippen LogP contribution is -2.13. The third-order valence-corrected chi connectivity index (χ3v) is 5.18. The molecule has 8 heteroatoms. The van der Waals surface area contributed by atoms with Gasteiger partial charge in [0, 0.05) is 5.56 Å². The molecule has 0 atom stereocenters. The van der Waals surface area contributed by atoms with Crippen molar-refractivity contribution in [3.63, 3.8) is 0 Å². The molecular formula is C19H15N3O4S. The van der Waals surface area contributed by atoms with Crippen LogP contribution in [-0.2, 0) is 4.74 Å². The Bertz CT molecular complexity index is 1060. The van der Waals surface area contributed by atoms with Crippen LogP contribution in [-0.4, -0.2) is 24.1 Å². The van der Waals surface area contributed by atoms with E-state index in [0.717, 1.165) is 16.9 Å². The van der Waals surface area contributed by atoms with Gasteiger partial charge < -0.3 is 14.6 Å². The number of carbonyl (C=O) groups excluding carboxylic acids is 2. The largest absolute Gasteiger partial charge is 0.465 e. The number of hydrogen-bond donors (Lipinski definition) is 1. The van der Waals surface area contributed by atoms with Crippen molar-refractivity contribution < 1.29 is 18.8 Å². The summed E-state index contributed by atoms with van der Waals surface area (Å²) in [5.41, 5.74) is 2.11. The normalized spacial score (nSPS) is 10.3. The smallest absolute Gasteiger partial charge is 0.348 e. The number of methoxy groups -OCH3 is 1. The first kappa shape index (κ1) is 18.4. The van der Waals surface area contributed by atoms with E-state index in [4.69, 9.17) is 9.26 Å². The minimum atomic E-state index is -0.555. The summed E-state index contributed by atoms with van der Waals surface area (Å²) in [6.45, 7) is 3.27. The van der Waals surface area contributed by atoms with Crippen molar-refractivity contribution in [1.29, 1.82) is 5.26 Å². The van der Waals surface area contributed by atoms with Gasteiger partial charge in [-0.25, -0.2) is 4.79 Å². The van der Waals surface area contributed by atoms with Crippen molar-refractivity contribution in [2.24, 2.45) is 0 Å². The number of rotatable bonds is 4. The van der Waals surface area contributed by atoms with Crippen LogP contribution < -0.4 is 5.32 Å². The Morgan fingerprint density at radius 1 is 1.26 bits per heavy atom. The van der Waals surface area contributed by atoms with E-state index >= 15 is 0 Å². The standard InChI is InChI=1S/C19H15N3O4S/c1-10-13(9-20)18(27-16(10)19(24)25-3)21-17(23)14-11(2)26-22-15(14)12-7-5-4-6-8-12/h4-8H,1-3H3,(H,21,23). The average Bonchev–Trinajstić information content (AvgIpc) is 3.21. The molecule has 0 spiro atoms. The van der Waals surface area contributed by atoms with Crippen LogP contribution in [0.25, 0.3) is 11.3 Å². The molecule has 7 nitrogen and oxygen atoms in total. The van der Waals surface area contributed by atoms with Crippen LogP contribution in [0, 0.1) is 25.2 Å². The number of carbonyl (C=O) groups is 2. The number of nitrogens with zero attached hydrogens (tertiary/aromatic N) is 2. The fraction of sp³-hybridized carbons (Fsp3) is 0.158. The van der Waals surface area contributed by atoms with E-state index in [9.17, 15) is 14.9 Å². The first-order valence-electron chi connectivity index (χ1n) is 7.92. The van der Waals surface area contributed by atoms with Gasteiger partial charge in [0.05, 0.1) is 12.7 Å². The Morgan fingerprint density at radius 3 is 2.59 bits per heavy atom. The first-order valence-corrected chi connectivity index (χ1v) is 8.74. The molecule has 0 saturated carbocycles. The minimum absolute atomic E-state index is 0.226. The van der Waals surface area contributed by atoms with E-state index < -0.39 is 11.9 Å². The van der Waals surface area contributed by atoms with E-state index in [1.54, 1.807) is 13.8 Å². The summed E-state index contributed by atoms with van der Waals surface area (Å²) in [6, 6.07) is 11.2. The summed E-state index contributed by atoms with van der Waals surface area (Å²) >= 11 is 0.997. The van der Waals surface area contributed by atoms with Crippen LogP contribution in [0.3, 0.4) is 0 Å². The highest BCUT2D eigenvalue weighted by atomic mass is 32.1. The second-order valence-electron chi connectivity index (χ2n) is 5.65. The topological polar surface area (TPSA) is 105 Å². The van der Waals surface area contributed by atoms with Gasteiger partial charge >= 0.3 is 5.97 Å². The number of anilines is 1. The Balaban J connectivity index is 2.00. The molecule has 0 bridgehead atoms. The molecule has 2 heterocycles. The summed E-state index contributed by atoms with van der Waals surface area (Å²) in [4.78, 5) is 25.0. The number of ether oxygens (including phenoxy) is 1. The van der Waals surface area contributed by atoms with Crippen LogP contribution in [0.1, 0.15) is 36.9 Å². The van der Waals surface area contributed by atoms with Crippen molar-refractivity contribution in [3.05, 3.63) is 57.7 Å². The van der Waals surface area contributed by atoms with Gasteiger partial charge in [-0.15, -0.1) is 11.3 Å². The zero-order chi connectivity index (χ0) is 19.6. The maximum absolute atomic E-state index is 12.9. The first-order chi connectivity index (χ1) is 13.0. The highest BCUT2D eigenvalue weighted by molar-refractivity contribution is 7.18. The Hall–Kier alpha value is -3.44. The van der Waals surface area contributed by atoms with E-state index in [1.165, 1.54) is 7.11 Å². The van der Waals surface area contributed by atoms with Gasteiger partial charge in [-0.2, -0.15) is 5.26 Å². The molecule has 2 aromatic heterocycles. The molecule has 1 N–H and O–H groups in total. The molecule has 0 aliphatic rings. The van der Waals surface area contributed by atoms with Gasteiger partial charge in [0.1, 0.15) is 33.0 Å². The van der Waals surface area contributed by atoms with Crippen LogP contribution >= 0.6 is 11.3 Å². The molecule has 1 aromatic carbocycles. The molecule has 0 fully saturated rings. The van der Waals surface area contributed by atoms with E-state index in [1.807, 2.05) is 36.4 Å². The van der Waals surface area contributed by atoms with Crippen LogP contribution in [0.2, 0.25) is 0 Å². The lowest BCUT2D eigenvalue weighted by Gasteiger charge is -2.04. The number of aromatic nitrogens is 1. The molecule has 136 valence electrons. The molecule has 27 heavy (non-hydrogen) atoms. The zero-order valence-corrected chi connectivity index (χ0v) is 15.6. The Labute approximate surface area is 159 Å². The average molecular weight is 381 g/mol. The predicted octanol–water partition coefficient (Wildman–Crippen LogP) is 3.93. The van der Waals surface area contributed by atoms with Gasteiger partial charge in [0.15, 0.2) is 0 Å². The molecule has 3 aromatic rings. The quantitative estimate of drug-likeness (QED) is 0.687. The second-order valence-corrected chi connectivity index (χ2v) is 6.67. The predicted molar refractivity (Wildman–Crippen MR) is 99.7 cm³/mol. The minimum Gasteiger partial charge on any atom is -0.465 e. The summed E-state index contributed by atoms with van der Waals surface area (Å²) in [6.07, 6.45) is 0. The molecule has 0 radical (unpaired) electrons. The van der Waals surface area contributed by atoms with E-state index in [2.05, 4.69) is 10.5 Å². The maximum Gasteiger partial charge on any atom is 0.348 e. The Kier molecular flexibility index (Phi) is 5.05. The van der Waals surface area contributed by atoms with E-state index in [0.29, 0.717) is 17.0 Å². The number of nitriles is 1. The molecule has 1 amide bonds. The van der Waals surface area contributed by atoms with Crippen molar-refractivity contribution in [2.75, 3.05) is 12.4 Å². The number of aryl methyl sites for hydroxylation is 1. The van der Waals surface area contributed by atoms with Crippen molar-refractivity contribution in [2.45, 2.75) is 13.8 Å². The van der Waals surface area contributed by atoms with Gasteiger partial charge in [-0.05, 0) is 19.4 Å². The van der Waals surface area contributed by atoms with Gasteiger partial charge in [-0.1, -0.05) is 35.5 Å². The molecule has 0 aliphatic heterocycles. The van der Waals surface area contributed by atoms with Crippen LogP contribution in [0.5, 0.6) is 0 Å². The number of hydrogen-bond acceptors (Lipinski definition) is 7. The molecular weight excluding hydrogens is 366 g/mol. The summed E-state index contributed by atoms with van der Waals surface area (Å²) in [7, 11) is 1.26. The molecule has 3 rings (SSSR count). The molecule has 0 unspecified atom stereocenters. The van der Waals surface area contributed by atoms with Gasteiger partial charge in [0.25, 0.3) is 5.91 Å². The number of benzene rings is 1. The number of nitrogens with one attached hydrogen (secondary N) is 1. The van der Waals surface area contributed by atoms with Crippen molar-refractivity contribution in [1.82, 2.24) is 5.16 Å². The zero-order valence-electron chi connectivity index (χ0n) is 14.8. The van der Waals surface area contributed by atoms with Crippen molar-refractivity contribution >= 4 is 28.2 Å². The Morgan fingerprint density at radius 2 is 1.96 bits per heavy atom. The van der Waals surface area contributed by atoms with Gasteiger partial charge in [0.2, 0.25) is 0 Å². The number of esters is 1. The number of amides is 1. The third-order valence-electron chi connectivity index (χ3n) is 3.99. The molecule has 0 aliphatic carbocycles.